The third kappa shape index (κ3) is 8.25. The van der Waals surface area contributed by atoms with Gasteiger partial charge in [-0.05, 0) is 18.2 Å². The van der Waals surface area contributed by atoms with Crippen LogP contribution >= 0.6 is 0 Å². The zero-order valence-electron chi connectivity index (χ0n) is 19.2. The molecular weight excluding hydrogens is 516 g/mol. The number of piperazine rings is 1. The van der Waals surface area contributed by atoms with Gasteiger partial charge < -0.3 is 29.9 Å². The molecule has 0 spiro atoms. The summed E-state index contributed by atoms with van der Waals surface area (Å²) in [5, 5.41) is 4.91. The number of alkyl halides is 6. The smallest absolute Gasteiger partial charge is 0.422 e. The summed E-state index contributed by atoms with van der Waals surface area (Å²) in [6.07, 6.45) is -9.31. The lowest BCUT2D eigenvalue weighted by Gasteiger charge is -2.34. The molecule has 0 atom stereocenters. The van der Waals surface area contributed by atoms with Crippen molar-refractivity contribution in [1.82, 2.24) is 25.2 Å². The molecule has 1 aliphatic heterocycles. The van der Waals surface area contributed by atoms with Crippen LogP contribution in [0.4, 0.5) is 48.7 Å². The number of esters is 1. The van der Waals surface area contributed by atoms with Gasteiger partial charge in [-0.3, -0.25) is 4.79 Å². The third-order valence-corrected chi connectivity index (χ3v) is 4.88. The predicted octanol–water partition coefficient (Wildman–Crippen LogP) is 2.58. The Balaban J connectivity index is 1.76. The molecule has 37 heavy (non-hydrogen) atoms. The lowest BCUT2D eigenvalue weighted by Crippen LogP contribution is -2.52. The van der Waals surface area contributed by atoms with Crippen LogP contribution in [0.25, 0.3) is 0 Å². The number of amides is 2. The lowest BCUT2D eigenvalue weighted by atomic mass is 10.2. The molecule has 1 saturated heterocycles. The first-order valence-electron chi connectivity index (χ1n) is 10.6. The van der Waals surface area contributed by atoms with Gasteiger partial charge in [0.05, 0.1) is 12.7 Å². The van der Waals surface area contributed by atoms with Gasteiger partial charge >= 0.3 is 30.4 Å². The highest BCUT2D eigenvalue weighted by atomic mass is 19.4. The van der Waals surface area contributed by atoms with E-state index in [9.17, 15) is 35.9 Å². The maximum atomic E-state index is 13.0. The highest BCUT2D eigenvalue weighted by Gasteiger charge is 2.31. The number of halogens is 6. The maximum Gasteiger partial charge on any atom is 0.422 e. The molecule has 1 aromatic heterocycles. The molecule has 2 N–H and O–H groups in total. The summed E-state index contributed by atoms with van der Waals surface area (Å²) >= 11 is 0. The van der Waals surface area contributed by atoms with Crippen LogP contribution in [-0.2, 0) is 15.7 Å². The van der Waals surface area contributed by atoms with Crippen molar-refractivity contribution in [1.29, 1.82) is 0 Å². The van der Waals surface area contributed by atoms with Gasteiger partial charge in [-0.15, -0.1) is 0 Å². The van der Waals surface area contributed by atoms with Crippen LogP contribution in [0.15, 0.2) is 24.3 Å². The third-order valence-electron chi connectivity index (χ3n) is 4.88. The number of rotatable bonds is 7. The summed E-state index contributed by atoms with van der Waals surface area (Å²) < 4.78 is 86.1. The predicted molar refractivity (Wildman–Crippen MR) is 115 cm³/mol. The monoisotopic (exact) mass is 537 g/mol. The van der Waals surface area contributed by atoms with Crippen molar-refractivity contribution in [2.75, 3.05) is 56.7 Å². The van der Waals surface area contributed by atoms with Gasteiger partial charge in [0.25, 0.3) is 0 Å². The van der Waals surface area contributed by atoms with Crippen LogP contribution in [0.5, 0.6) is 6.01 Å². The van der Waals surface area contributed by atoms with Crippen LogP contribution in [0.3, 0.4) is 0 Å². The van der Waals surface area contributed by atoms with E-state index < -0.39 is 42.5 Å². The highest BCUT2D eigenvalue weighted by molar-refractivity contribution is 5.81. The topological polar surface area (TPSA) is 122 Å². The van der Waals surface area contributed by atoms with E-state index in [1.54, 1.807) is 0 Å². The minimum absolute atomic E-state index is 0.0687. The Morgan fingerprint density at radius 2 is 1.73 bits per heavy atom. The quantitative estimate of drug-likeness (QED) is 0.406. The average Bonchev–Trinajstić information content (AvgIpc) is 2.85. The van der Waals surface area contributed by atoms with E-state index >= 15 is 0 Å². The molecule has 202 valence electrons. The average molecular weight is 537 g/mol. The van der Waals surface area contributed by atoms with Gasteiger partial charge in [-0.1, -0.05) is 6.07 Å². The molecule has 17 heteroatoms. The van der Waals surface area contributed by atoms with Crippen molar-refractivity contribution in [3.05, 3.63) is 29.8 Å². The number of hydrogen-bond donors (Lipinski definition) is 2. The second-order valence-corrected chi connectivity index (χ2v) is 7.56. The Morgan fingerprint density at radius 1 is 1.03 bits per heavy atom. The normalized spacial score (nSPS) is 14.2. The zero-order chi connectivity index (χ0) is 27.2. The van der Waals surface area contributed by atoms with Crippen LogP contribution < -0.4 is 20.3 Å². The number of carbonyl (C=O) groups excluding carboxylic acids is 2. The molecule has 1 aliphatic rings. The number of hydrogen-bond acceptors (Lipinski definition) is 9. The summed E-state index contributed by atoms with van der Waals surface area (Å²) in [4.78, 5) is 38.0. The van der Waals surface area contributed by atoms with Gasteiger partial charge in [0.15, 0.2) is 6.61 Å². The van der Waals surface area contributed by atoms with Crippen molar-refractivity contribution < 1.29 is 45.4 Å². The van der Waals surface area contributed by atoms with Gasteiger partial charge in [0.1, 0.15) is 6.54 Å². The summed E-state index contributed by atoms with van der Waals surface area (Å²) in [6, 6.07) is 2.84. The van der Waals surface area contributed by atoms with Crippen molar-refractivity contribution >= 4 is 29.6 Å². The maximum absolute atomic E-state index is 13.0. The Hall–Kier alpha value is -4.05. The number of methoxy groups -OCH3 is 1. The van der Waals surface area contributed by atoms with Gasteiger partial charge in [0.2, 0.25) is 11.9 Å². The molecule has 3 rings (SSSR count). The standard InChI is InChI=1S/C20H21F6N7O4/c1-36-14(34)10-27-18(35)33-7-5-32(6-8-33)16-29-15(30-17(31-16)37-11-19(21,22)23)28-13-4-2-3-12(9-13)20(24,25)26/h2-4,9H,5-8,10-11H2,1H3,(H,27,35)(H,28,29,30,31). The first-order chi connectivity index (χ1) is 17.3. The summed E-state index contributed by atoms with van der Waals surface area (Å²) in [6.45, 7) is -1.43. The number of anilines is 3. The minimum atomic E-state index is -4.69. The summed E-state index contributed by atoms with van der Waals surface area (Å²) in [7, 11) is 1.17. The van der Waals surface area contributed by atoms with E-state index in [0.29, 0.717) is 0 Å². The Kier molecular flexibility index (Phi) is 8.44. The fraction of sp³-hybridized carbons (Fsp3) is 0.450. The van der Waals surface area contributed by atoms with Gasteiger partial charge in [-0.25, -0.2) is 4.79 Å². The second kappa shape index (κ2) is 11.3. The summed E-state index contributed by atoms with van der Waals surface area (Å²) in [5.74, 6) is -1.10. The molecule has 2 aromatic rings. The molecule has 0 unspecified atom stereocenters. The molecule has 0 radical (unpaired) electrons. The van der Waals surface area contributed by atoms with Crippen molar-refractivity contribution in [3.8, 4) is 6.01 Å². The first kappa shape index (κ1) is 27.5. The molecule has 0 aliphatic carbocycles. The van der Waals surface area contributed by atoms with Gasteiger partial charge in [-0.2, -0.15) is 41.3 Å². The Labute approximate surface area is 205 Å². The van der Waals surface area contributed by atoms with E-state index in [2.05, 4.69) is 35.1 Å². The number of ether oxygens (including phenoxy) is 2. The zero-order valence-corrected chi connectivity index (χ0v) is 19.2. The van der Waals surface area contributed by atoms with Crippen LogP contribution in [0.2, 0.25) is 0 Å². The van der Waals surface area contributed by atoms with E-state index in [1.165, 1.54) is 23.0 Å². The highest BCUT2D eigenvalue weighted by Crippen LogP contribution is 2.31. The second-order valence-electron chi connectivity index (χ2n) is 7.56. The number of urea groups is 1. The SMILES string of the molecule is COC(=O)CNC(=O)N1CCN(c2nc(Nc3cccc(C(F)(F)F)c3)nc(OCC(F)(F)F)n2)CC1. The fourth-order valence-electron chi connectivity index (χ4n) is 3.10. The number of nitrogens with one attached hydrogen (secondary N) is 2. The number of benzene rings is 1. The summed E-state index contributed by atoms with van der Waals surface area (Å²) in [5.41, 5.74) is -1.03. The largest absolute Gasteiger partial charge is 0.468 e. The Morgan fingerprint density at radius 3 is 2.35 bits per heavy atom. The van der Waals surface area contributed by atoms with E-state index in [4.69, 9.17) is 0 Å². The van der Waals surface area contributed by atoms with E-state index in [-0.39, 0.29) is 50.3 Å². The minimum Gasteiger partial charge on any atom is -0.468 e. The van der Waals surface area contributed by atoms with Gasteiger partial charge in [0, 0.05) is 31.9 Å². The molecule has 1 aromatic carbocycles. The first-order valence-corrected chi connectivity index (χ1v) is 10.6. The molecular formula is C20H21F6N7O4. The van der Waals surface area contributed by atoms with Crippen molar-refractivity contribution in [2.24, 2.45) is 0 Å². The fourth-order valence-corrected chi connectivity index (χ4v) is 3.10. The van der Waals surface area contributed by atoms with Crippen LogP contribution in [-0.4, -0.2) is 84.5 Å². The molecule has 0 bridgehead atoms. The molecule has 2 amide bonds. The molecule has 2 heterocycles. The van der Waals surface area contributed by atoms with Crippen molar-refractivity contribution in [2.45, 2.75) is 12.4 Å². The number of carbonyl (C=O) groups is 2. The van der Waals surface area contributed by atoms with Crippen LogP contribution in [0, 0.1) is 0 Å². The Bertz CT molecular complexity index is 1110. The van der Waals surface area contributed by atoms with E-state index in [0.717, 1.165) is 18.2 Å². The van der Waals surface area contributed by atoms with Crippen molar-refractivity contribution in [3.63, 3.8) is 0 Å². The molecule has 1 fully saturated rings. The lowest BCUT2D eigenvalue weighted by molar-refractivity contribution is -0.154. The molecule has 11 nitrogen and oxygen atoms in total. The molecule has 0 saturated carbocycles. The number of nitrogens with zero attached hydrogens (tertiary/aromatic N) is 5. The van der Waals surface area contributed by atoms with E-state index in [1.807, 2.05) is 0 Å². The number of aromatic nitrogens is 3. The van der Waals surface area contributed by atoms with Crippen LogP contribution in [0.1, 0.15) is 5.56 Å².